The molecule has 0 unspecified atom stereocenters. The molecular formula is C30H36F4O2. The smallest absolute Gasteiger partial charge is 0.201 e. The maximum Gasteiger partial charge on any atom is 0.201 e. The maximum atomic E-state index is 15.1. The summed E-state index contributed by atoms with van der Waals surface area (Å²) in [5.74, 6) is -3.20. The third-order valence-electron chi connectivity index (χ3n) is 7.79. The fraction of sp³-hybridized carbons (Fsp3) is 0.533. The predicted molar refractivity (Wildman–Crippen MR) is 134 cm³/mol. The van der Waals surface area contributed by atoms with Crippen molar-refractivity contribution in [2.24, 2.45) is 5.92 Å². The molecule has 0 heterocycles. The molecule has 0 radical (unpaired) electrons. The maximum absolute atomic E-state index is 15.1. The topological polar surface area (TPSA) is 18.5 Å². The number of halogens is 4. The fourth-order valence-electron chi connectivity index (χ4n) is 5.79. The first-order chi connectivity index (χ1) is 17.4. The summed E-state index contributed by atoms with van der Waals surface area (Å²) in [6.07, 6.45) is 10.1. The summed E-state index contributed by atoms with van der Waals surface area (Å²) >= 11 is 0. The van der Waals surface area contributed by atoms with Crippen molar-refractivity contribution in [2.45, 2.75) is 83.2 Å². The van der Waals surface area contributed by atoms with E-state index in [2.05, 4.69) is 0 Å². The number of hydrogen-bond acceptors (Lipinski definition) is 2. The van der Waals surface area contributed by atoms with Gasteiger partial charge in [0.25, 0.3) is 0 Å². The van der Waals surface area contributed by atoms with Crippen LogP contribution in [0.2, 0.25) is 0 Å². The summed E-state index contributed by atoms with van der Waals surface area (Å²) in [5, 5.41) is 0. The Hall–Kier alpha value is -2.34. The lowest BCUT2D eigenvalue weighted by Gasteiger charge is -2.30. The Balaban J connectivity index is 1.36. The standard InChI is InChI=1S/C30H36F4O2/c1-3-35-23-14-11-21(12-15-23)25-17-16-24(28(32)29(25)33)20-8-5-19(6-9-20)7-10-22-13-18-26(36-4-2)30(34)27(22)31/h7,10,13,16-21,23H,3-6,8-9,11-12,14-15H2,1-2H3/b10-7+. The van der Waals surface area contributed by atoms with Crippen LogP contribution in [0, 0.1) is 29.2 Å². The molecule has 0 spiro atoms. The van der Waals surface area contributed by atoms with E-state index in [1.165, 1.54) is 12.1 Å². The van der Waals surface area contributed by atoms with Crippen molar-refractivity contribution < 1.29 is 27.0 Å². The van der Waals surface area contributed by atoms with Crippen LogP contribution in [0.3, 0.4) is 0 Å². The minimum Gasteiger partial charge on any atom is -0.491 e. The van der Waals surface area contributed by atoms with Crippen LogP contribution in [0.1, 0.15) is 93.7 Å². The second-order valence-electron chi connectivity index (χ2n) is 9.99. The van der Waals surface area contributed by atoms with Gasteiger partial charge >= 0.3 is 0 Å². The number of hydrogen-bond donors (Lipinski definition) is 0. The van der Waals surface area contributed by atoms with Crippen LogP contribution in [-0.4, -0.2) is 19.3 Å². The van der Waals surface area contributed by atoms with Gasteiger partial charge in [0.2, 0.25) is 5.82 Å². The summed E-state index contributed by atoms with van der Waals surface area (Å²) in [6, 6.07) is 6.51. The van der Waals surface area contributed by atoms with E-state index in [0.29, 0.717) is 17.7 Å². The molecule has 196 valence electrons. The van der Waals surface area contributed by atoms with E-state index >= 15 is 8.78 Å². The summed E-state index contributed by atoms with van der Waals surface area (Å²) in [7, 11) is 0. The normalized spacial score (nSPS) is 24.8. The molecule has 4 rings (SSSR count). The Morgan fingerprint density at radius 3 is 1.83 bits per heavy atom. The van der Waals surface area contributed by atoms with E-state index in [1.807, 2.05) is 13.0 Å². The summed E-state index contributed by atoms with van der Waals surface area (Å²) in [5.41, 5.74) is 1.13. The van der Waals surface area contributed by atoms with Crippen LogP contribution in [0.25, 0.3) is 6.08 Å². The van der Waals surface area contributed by atoms with Gasteiger partial charge in [-0.25, -0.2) is 13.2 Å². The number of rotatable bonds is 8. The Labute approximate surface area is 211 Å². The molecule has 2 fully saturated rings. The molecule has 2 saturated carbocycles. The zero-order valence-corrected chi connectivity index (χ0v) is 21.2. The predicted octanol–water partition coefficient (Wildman–Crippen LogP) is 8.69. The van der Waals surface area contributed by atoms with Crippen LogP contribution < -0.4 is 4.74 Å². The van der Waals surface area contributed by atoms with Crippen molar-refractivity contribution in [3.05, 3.63) is 70.3 Å². The number of ether oxygens (including phenoxy) is 2. The van der Waals surface area contributed by atoms with Crippen molar-refractivity contribution in [1.29, 1.82) is 0 Å². The van der Waals surface area contributed by atoms with E-state index in [1.54, 1.807) is 25.1 Å². The Morgan fingerprint density at radius 2 is 1.28 bits per heavy atom. The van der Waals surface area contributed by atoms with E-state index in [-0.39, 0.29) is 41.8 Å². The first-order valence-corrected chi connectivity index (χ1v) is 13.3. The average Bonchev–Trinajstić information content (AvgIpc) is 2.89. The van der Waals surface area contributed by atoms with Gasteiger partial charge < -0.3 is 9.47 Å². The molecule has 0 saturated heterocycles. The van der Waals surface area contributed by atoms with Gasteiger partial charge in [0.15, 0.2) is 23.2 Å². The fourth-order valence-corrected chi connectivity index (χ4v) is 5.79. The molecule has 36 heavy (non-hydrogen) atoms. The van der Waals surface area contributed by atoms with Crippen molar-refractivity contribution in [3.8, 4) is 5.75 Å². The Kier molecular flexibility index (Phi) is 9.10. The van der Waals surface area contributed by atoms with E-state index in [4.69, 9.17) is 9.47 Å². The van der Waals surface area contributed by atoms with Gasteiger partial charge in [-0.05, 0) is 106 Å². The van der Waals surface area contributed by atoms with Crippen molar-refractivity contribution >= 4 is 6.08 Å². The third-order valence-corrected chi connectivity index (χ3v) is 7.79. The van der Waals surface area contributed by atoms with Gasteiger partial charge in [-0.2, -0.15) is 4.39 Å². The highest BCUT2D eigenvalue weighted by Gasteiger charge is 2.29. The minimum atomic E-state index is -0.981. The molecule has 0 amide bonds. The highest BCUT2D eigenvalue weighted by molar-refractivity contribution is 5.52. The quantitative estimate of drug-likeness (QED) is 0.335. The summed E-state index contributed by atoms with van der Waals surface area (Å²) in [6.45, 7) is 4.64. The monoisotopic (exact) mass is 504 g/mol. The lowest BCUT2D eigenvalue weighted by atomic mass is 9.77. The first kappa shape index (κ1) is 26.7. The molecule has 2 aromatic carbocycles. The van der Waals surface area contributed by atoms with E-state index in [0.717, 1.165) is 51.4 Å². The molecule has 6 heteroatoms. The van der Waals surface area contributed by atoms with Gasteiger partial charge in [0.05, 0.1) is 12.7 Å². The van der Waals surface area contributed by atoms with Crippen molar-refractivity contribution in [1.82, 2.24) is 0 Å². The van der Waals surface area contributed by atoms with Gasteiger partial charge in [-0.3, -0.25) is 0 Å². The molecule has 0 N–H and O–H groups in total. The number of benzene rings is 2. The molecular weight excluding hydrogens is 468 g/mol. The van der Waals surface area contributed by atoms with Crippen molar-refractivity contribution in [2.75, 3.05) is 13.2 Å². The minimum absolute atomic E-state index is 0.0356. The average molecular weight is 505 g/mol. The SMILES string of the molecule is CCOc1ccc(/C=C/C2CCC(c3ccc(C4CCC(OCC)CC4)c(F)c3F)CC2)c(F)c1F. The molecule has 0 atom stereocenters. The molecule has 0 aromatic heterocycles. The third kappa shape index (κ3) is 5.96. The van der Waals surface area contributed by atoms with Gasteiger partial charge in [-0.15, -0.1) is 0 Å². The van der Waals surface area contributed by atoms with E-state index in [9.17, 15) is 8.78 Å². The zero-order valence-electron chi connectivity index (χ0n) is 21.2. The molecule has 2 nitrogen and oxygen atoms in total. The highest BCUT2D eigenvalue weighted by Crippen LogP contribution is 2.41. The number of allylic oxidation sites excluding steroid dienone is 1. The molecule has 2 aliphatic rings. The lowest BCUT2D eigenvalue weighted by Crippen LogP contribution is -2.21. The second-order valence-corrected chi connectivity index (χ2v) is 9.99. The molecule has 0 bridgehead atoms. The first-order valence-electron chi connectivity index (χ1n) is 13.3. The second kappa shape index (κ2) is 12.3. The van der Waals surface area contributed by atoms with Crippen LogP contribution in [0.4, 0.5) is 17.6 Å². The van der Waals surface area contributed by atoms with Crippen LogP contribution >= 0.6 is 0 Å². The molecule has 2 aromatic rings. The van der Waals surface area contributed by atoms with Crippen molar-refractivity contribution in [3.63, 3.8) is 0 Å². The van der Waals surface area contributed by atoms with E-state index < -0.39 is 23.3 Å². The molecule has 2 aliphatic carbocycles. The largest absolute Gasteiger partial charge is 0.491 e. The summed E-state index contributed by atoms with van der Waals surface area (Å²) < 4.78 is 69.4. The van der Waals surface area contributed by atoms with Gasteiger partial charge in [-0.1, -0.05) is 24.3 Å². The molecule has 0 aliphatic heterocycles. The van der Waals surface area contributed by atoms with Gasteiger partial charge in [0, 0.05) is 12.2 Å². The van der Waals surface area contributed by atoms with Crippen LogP contribution in [-0.2, 0) is 4.74 Å². The Bertz CT molecular complexity index is 1050. The van der Waals surface area contributed by atoms with Crippen LogP contribution in [0.15, 0.2) is 30.3 Å². The highest BCUT2D eigenvalue weighted by atomic mass is 19.2. The summed E-state index contributed by atoms with van der Waals surface area (Å²) in [4.78, 5) is 0. The van der Waals surface area contributed by atoms with Crippen LogP contribution in [0.5, 0.6) is 5.75 Å². The zero-order chi connectivity index (χ0) is 25.7. The lowest BCUT2D eigenvalue weighted by molar-refractivity contribution is 0.0325. The Morgan fingerprint density at radius 1 is 0.694 bits per heavy atom. The van der Waals surface area contributed by atoms with Gasteiger partial charge in [0.1, 0.15) is 0 Å².